The third-order valence-corrected chi connectivity index (χ3v) is 6.17. The number of carbonyl (C=O) groups excluding carboxylic acids is 3. The molecule has 0 aromatic carbocycles. The molecule has 2 aliphatic heterocycles. The largest absolute Gasteiger partial charge is 0.338 e. The summed E-state index contributed by atoms with van der Waals surface area (Å²) < 4.78 is 0. The molecule has 4 amide bonds. The fourth-order valence-electron chi connectivity index (χ4n) is 4.49. The Kier molecular flexibility index (Phi) is 5.25. The number of aromatic nitrogens is 2. The molecule has 1 aromatic rings. The Balaban J connectivity index is 1.38. The first-order chi connectivity index (χ1) is 13.6. The summed E-state index contributed by atoms with van der Waals surface area (Å²) in [7, 11) is 0. The van der Waals surface area contributed by atoms with E-state index < -0.39 is 17.8 Å². The highest BCUT2D eigenvalue weighted by Gasteiger charge is 2.50. The van der Waals surface area contributed by atoms with Gasteiger partial charge in [-0.3, -0.25) is 14.5 Å². The van der Waals surface area contributed by atoms with Crippen molar-refractivity contribution in [1.82, 2.24) is 19.8 Å². The number of urea groups is 1. The second-order valence-electron chi connectivity index (χ2n) is 7.96. The van der Waals surface area contributed by atoms with Gasteiger partial charge in [-0.2, -0.15) is 0 Å². The maximum atomic E-state index is 12.9. The molecule has 1 N–H and O–H groups in total. The number of rotatable bonds is 4. The normalized spacial score (nSPS) is 27.0. The van der Waals surface area contributed by atoms with E-state index >= 15 is 0 Å². The summed E-state index contributed by atoms with van der Waals surface area (Å²) >= 11 is 0. The summed E-state index contributed by atoms with van der Waals surface area (Å²) in [6.45, 7) is 5.30. The summed E-state index contributed by atoms with van der Waals surface area (Å²) in [4.78, 5) is 52.1. The lowest BCUT2D eigenvalue weighted by Crippen LogP contribution is -3.16. The SMILES string of the molecule is C[C@H]1CCCC[C@H]1N1C(=O)C(=O)N(C[NH+]2CCN(c3ncccn3)CC2)C1=O. The van der Waals surface area contributed by atoms with Crippen LogP contribution in [0.2, 0.25) is 0 Å². The number of anilines is 1. The average Bonchev–Trinajstić information content (AvgIpc) is 2.93. The van der Waals surface area contributed by atoms with Gasteiger partial charge >= 0.3 is 17.8 Å². The second-order valence-corrected chi connectivity index (χ2v) is 7.96. The Morgan fingerprint density at radius 1 is 1.04 bits per heavy atom. The summed E-state index contributed by atoms with van der Waals surface area (Å²) in [5, 5.41) is 0. The van der Waals surface area contributed by atoms with Gasteiger partial charge in [0.15, 0.2) is 6.67 Å². The van der Waals surface area contributed by atoms with Crippen LogP contribution in [0.5, 0.6) is 0 Å². The lowest BCUT2D eigenvalue weighted by Gasteiger charge is -2.35. The minimum Gasteiger partial charge on any atom is -0.330 e. The summed E-state index contributed by atoms with van der Waals surface area (Å²) in [6, 6.07) is 1.20. The molecule has 28 heavy (non-hydrogen) atoms. The summed E-state index contributed by atoms with van der Waals surface area (Å²) in [5.74, 6) is -0.387. The van der Waals surface area contributed by atoms with Crippen molar-refractivity contribution in [2.24, 2.45) is 5.92 Å². The molecule has 1 saturated carbocycles. The van der Waals surface area contributed by atoms with Crippen molar-refractivity contribution in [3.63, 3.8) is 0 Å². The van der Waals surface area contributed by atoms with Crippen LogP contribution < -0.4 is 9.80 Å². The van der Waals surface area contributed by atoms with Crippen molar-refractivity contribution in [1.29, 1.82) is 0 Å². The average molecular weight is 387 g/mol. The molecule has 0 unspecified atom stereocenters. The first-order valence-electron chi connectivity index (χ1n) is 10.1. The van der Waals surface area contributed by atoms with Crippen LogP contribution in [0.4, 0.5) is 10.7 Å². The smallest absolute Gasteiger partial charge is 0.330 e. The van der Waals surface area contributed by atoms with Crippen molar-refractivity contribution < 1.29 is 19.3 Å². The van der Waals surface area contributed by atoms with Gasteiger partial charge in [0.05, 0.1) is 26.2 Å². The van der Waals surface area contributed by atoms with Crippen molar-refractivity contribution in [3.8, 4) is 0 Å². The number of nitrogens with one attached hydrogen (secondary N) is 1. The van der Waals surface area contributed by atoms with E-state index in [9.17, 15) is 14.4 Å². The zero-order chi connectivity index (χ0) is 19.7. The molecule has 4 rings (SSSR count). The van der Waals surface area contributed by atoms with Crippen molar-refractivity contribution >= 4 is 23.8 Å². The molecule has 9 heteroatoms. The summed E-state index contributed by atoms with van der Waals surface area (Å²) in [6.07, 6.45) is 7.33. The van der Waals surface area contributed by atoms with Crippen molar-refractivity contribution in [2.75, 3.05) is 37.7 Å². The zero-order valence-electron chi connectivity index (χ0n) is 16.2. The molecule has 3 fully saturated rings. The molecule has 3 heterocycles. The molecule has 1 aromatic heterocycles. The number of hydrogen-bond donors (Lipinski definition) is 1. The van der Waals surface area contributed by atoms with E-state index in [2.05, 4.69) is 21.8 Å². The van der Waals surface area contributed by atoms with Crippen LogP contribution in [0.15, 0.2) is 18.5 Å². The van der Waals surface area contributed by atoms with E-state index in [4.69, 9.17) is 0 Å². The van der Waals surface area contributed by atoms with Gasteiger partial charge in [-0.15, -0.1) is 0 Å². The van der Waals surface area contributed by atoms with Gasteiger partial charge in [-0.25, -0.2) is 19.7 Å². The Hall–Kier alpha value is -2.55. The molecular weight excluding hydrogens is 360 g/mol. The molecule has 9 nitrogen and oxygen atoms in total. The second kappa shape index (κ2) is 7.83. The Morgan fingerprint density at radius 3 is 2.39 bits per heavy atom. The number of hydrogen-bond acceptors (Lipinski definition) is 6. The van der Waals surface area contributed by atoms with Crippen LogP contribution >= 0.6 is 0 Å². The van der Waals surface area contributed by atoms with Gasteiger partial charge in [0.2, 0.25) is 5.95 Å². The zero-order valence-corrected chi connectivity index (χ0v) is 16.2. The lowest BCUT2D eigenvalue weighted by molar-refractivity contribution is -0.907. The molecular formula is C19H27N6O3+. The van der Waals surface area contributed by atoms with Gasteiger partial charge in [-0.05, 0) is 24.8 Å². The maximum absolute atomic E-state index is 12.9. The van der Waals surface area contributed by atoms with E-state index in [-0.39, 0.29) is 18.6 Å². The maximum Gasteiger partial charge on any atom is 0.338 e. The first-order valence-corrected chi connectivity index (χ1v) is 10.1. The predicted molar refractivity (Wildman–Crippen MR) is 100 cm³/mol. The quantitative estimate of drug-likeness (QED) is 0.554. The van der Waals surface area contributed by atoms with Crippen LogP contribution in [0.25, 0.3) is 0 Å². The van der Waals surface area contributed by atoms with Gasteiger partial charge in [-0.1, -0.05) is 19.8 Å². The fraction of sp³-hybridized carbons (Fsp3) is 0.632. The number of imide groups is 2. The fourth-order valence-corrected chi connectivity index (χ4v) is 4.49. The third-order valence-electron chi connectivity index (χ3n) is 6.17. The van der Waals surface area contributed by atoms with Crippen LogP contribution in [0.3, 0.4) is 0 Å². The highest BCUT2D eigenvalue weighted by molar-refractivity contribution is 6.44. The standard InChI is InChI=1S/C19H26N6O3/c1-14-5-2-3-6-15(14)25-17(27)16(26)24(19(25)28)13-22-9-11-23(12-10-22)18-20-7-4-8-21-18/h4,7-8,14-15H,2-3,5-6,9-13H2,1H3/p+1/t14-,15+/m0/s1. The number of nitrogens with zero attached hydrogens (tertiary/aromatic N) is 5. The molecule has 2 atom stereocenters. The van der Waals surface area contributed by atoms with Crippen LogP contribution in [0, 0.1) is 5.92 Å². The molecule has 2 saturated heterocycles. The highest BCUT2D eigenvalue weighted by Crippen LogP contribution is 2.30. The van der Waals surface area contributed by atoms with Crippen LogP contribution in [0.1, 0.15) is 32.6 Å². The molecule has 0 radical (unpaired) electrons. The van der Waals surface area contributed by atoms with E-state index in [1.165, 1.54) is 4.90 Å². The van der Waals surface area contributed by atoms with Gasteiger partial charge in [0.25, 0.3) is 0 Å². The van der Waals surface area contributed by atoms with Gasteiger partial charge in [0.1, 0.15) is 0 Å². The van der Waals surface area contributed by atoms with Crippen LogP contribution in [-0.2, 0) is 9.59 Å². The molecule has 0 spiro atoms. The topological polar surface area (TPSA) is 91.2 Å². The number of carbonyl (C=O) groups is 3. The van der Waals surface area contributed by atoms with Crippen molar-refractivity contribution in [3.05, 3.63) is 18.5 Å². The summed E-state index contributed by atoms with van der Waals surface area (Å²) in [5.41, 5.74) is 0. The predicted octanol–water partition coefficient (Wildman–Crippen LogP) is -0.491. The lowest BCUT2D eigenvalue weighted by atomic mass is 9.85. The van der Waals surface area contributed by atoms with E-state index in [0.29, 0.717) is 5.95 Å². The minimum atomic E-state index is -0.677. The van der Waals surface area contributed by atoms with Crippen molar-refractivity contribution in [2.45, 2.75) is 38.6 Å². The van der Waals surface area contributed by atoms with Gasteiger partial charge in [0, 0.05) is 18.4 Å². The number of amides is 4. The van der Waals surface area contributed by atoms with E-state index in [0.717, 1.165) is 61.7 Å². The molecule has 150 valence electrons. The molecule has 1 aliphatic carbocycles. The number of piperazine rings is 1. The number of quaternary nitrogens is 1. The molecule has 3 aliphatic rings. The van der Waals surface area contributed by atoms with E-state index in [1.54, 1.807) is 18.5 Å². The molecule has 0 bridgehead atoms. The van der Waals surface area contributed by atoms with Gasteiger partial charge < -0.3 is 9.80 Å². The third kappa shape index (κ3) is 3.46. The monoisotopic (exact) mass is 387 g/mol. The Labute approximate surface area is 164 Å². The minimum absolute atomic E-state index is 0.148. The highest BCUT2D eigenvalue weighted by atomic mass is 16.2. The Morgan fingerprint density at radius 2 is 1.71 bits per heavy atom. The van der Waals surface area contributed by atoms with Crippen LogP contribution in [-0.4, -0.2) is 76.5 Å². The Bertz CT molecular complexity index is 749. The first kappa shape index (κ1) is 18.8. The van der Waals surface area contributed by atoms with E-state index in [1.807, 2.05) is 0 Å².